The average Bonchev–Trinajstić information content (AvgIpc) is 3.36. The van der Waals surface area contributed by atoms with Crippen LogP contribution >= 0.6 is 11.3 Å². The predicted molar refractivity (Wildman–Crippen MR) is 133 cm³/mol. The highest BCUT2D eigenvalue weighted by molar-refractivity contribution is 7.15. The maximum absolute atomic E-state index is 12.8. The fraction of sp³-hybridized carbons (Fsp3) is 0.259. The van der Waals surface area contributed by atoms with Crippen LogP contribution in [0, 0.1) is 0 Å². The van der Waals surface area contributed by atoms with Crippen molar-refractivity contribution in [3.8, 4) is 33.3 Å². The molecular formula is C27H24F3N3O2S. The molecule has 0 radical (unpaired) electrons. The second-order valence-electron chi connectivity index (χ2n) is 8.54. The number of halogens is 3. The summed E-state index contributed by atoms with van der Waals surface area (Å²) in [5.74, 6) is 1.86. The van der Waals surface area contributed by atoms with Gasteiger partial charge in [0.15, 0.2) is 17.3 Å². The van der Waals surface area contributed by atoms with Crippen LogP contribution < -0.4 is 9.47 Å². The van der Waals surface area contributed by atoms with Crippen molar-refractivity contribution in [1.82, 2.24) is 14.9 Å². The van der Waals surface area contributed by atoms with E-state index in [0.717, 1.165) is 59.9 Å². The number of rotatable bonds is 6. The summed E-state index contributed by atoms with van der Waals surface area (Å²) in [6.07, 6.45) is -1.80. The number of aromatic nitrogens is 2. The van der Waals surface area contributed by atoms with Gasteiger partial charge in [-0.05, 0) is 48.0 Å². The largest absolute Gasteiger partial charge is 0.493 e. The van der Waals surface area contributed by atoms with Crippen LogP contribution in [0.4, 0.5) is 13.2 Å². The second-order valence-corrected chi connectivity index (χ2v) is 9.71. The molecule has 1 aliphatic rings. The van der Waals surface area contributed by atoms with E-state index in [2.05, 4.69) is 27.0 Å². The Bertz CT molecular complexity index is 1370. The van der Waals surface area contributed by atoms with Gasteiger partial charge < -0.3 is 9.47 Å². The van der Waals surface area contributed by atoms with Crippen molar-refractivity contribution in [3.63, 3.8) is 0 Å². The molecule has 0 spiro atoms. The van der Waals surface area contributed by atoms with Crippen molar-refractivity contribution in [3.05, 3.63) is 82.5 Å². The first-order valence-corrected chi connectivity index (χ1v) is 12.2. The normalized spacial score (nSPS) is 13.9. The third kappa shape index (κ3) is 5.08. The van der Waals surface area contributed by atoms with Gasteiger partial charge in [-0.15, -0.1) is 11.3 Å². The highest BCUT2D eigenvalue weighted by Crippen LogP contribution is 2.36. The Labute approximate surface area is 211 Å². The number of hydrogen-bond acceptors (Lipinski definition) is 6. The van der Waals surface area contributed by atoms with Crippen LogP contribution in [0.1, 0.15) is 21.7 Å². The average molecular weight is 512 g/mol. The van der Waals surface area contributed by atoms with Gasteiger partial charge in [0.05, 0.1) is 25.5 Å². The molecule has 2 aromatic heterocycles. The summed E-state index contributed by atoms with van der Waals surface area (Å²) in [5, 5.41) is 0. The molecule has 0 aliphatic carbocycles. The third-order valence-corrected chi connectivity index (χ3v) is 7.31. The van der Waals surface area contributed by atoms with Gasteiger partial charge in [0, 0.05) is 53.1 Å². The summed E-state index contributed by atoms with van der Waals surface area (Å²) in [6.45, 7) is 2.39. The molecule has 0 N–H and O–H groups in total. The van der Waals surface area contributed by atoms with Crippen molar-refractivity contribution >= 4 is 11.3 Å². The number of nitrogens with zero attached hydrogens (tertiary/aromatic N) is 3. The molecule has 5 rings (SSSR count). The van der Waals surface area contributed by atoms with Crippen LogP contribution in [0.15, 0.2) is 60.8 Å². The van der Waals surface area contributed by atoms with Crippen molar-refractivity contribution in [2.75, 3.05) is 20.8 Å². The van der Waals surface area contributed by atoms with Crippen molar-refractivity contribution in [1.29, 1.82) is 0 Å². The minimum atomic E-state index is -4.36. The van der Waals surface area contributed by atoms with Crippen molar-refractivity contribution < 1.29 is 22.6 Å². The number of fused-ring (bicyclic) bond motifs is 1. The number of thiophene rings is 1. The van der Waals surface area contributed by atoms with E-state index in [1.165, 1.54) is 17.0 Å². The zero-order valence-electron chi connectivity index (χ0n) is 19.8. The van der Waals surface area contributed by atoms with Gasteiger partial charge in [0.1, 0.15) is 0 Å². The Balaban J connectivity index is 1.26. The second kappa shape index (κ2) is 9.91. The Kier molecular flexibility index (Phi) is 6.68. The van der Waals surface area contributed by atoms with Gasteiger partial charge in [-0.3, -0.25) is 4.90 Å². The molecule has 0 unspecified atom stereocenters. The highest BCUT2D eigenvalue weighted by Gasteiger charge is 2.30. The van der Waals surface area contributed by atoms with Crippen molar-refractivity contribution in [2.45, 2.75) is 25.7 Å². The number of alkyl halides is 3. The van der Waals surface area contributed by atoms with Gasteiger partial charge in [0.25, 0.3) is 0 Å². The fourth-order valence-electron chi connectivity index (χ4n) is 4.28. The molecule has 1 aliphatic heterocycles. The summed E-state index contributed by atoms with van der Waals surface area (Å²) in [4.78, 5) is 13.9. The first kappa shape index (κ1) is 24.3. The summed E-state index contributed by atoms with van der Waals surface area (Å²) < 4.78 is 49.3. The quantitative estimate of drug-likeness (QED) is 0.297. The maximum Gasteiger partial charge on any atom is 0.416 e. The van der Waals surface area contributed by atoms with Gasteiger partial charge in [-0.1, -0.05) is 12.1 Å². The lowest BCUT2D eigenvalue weighted by molar-refractivity contribution is -0.137. The standard InChI is InChI=1S/C27H24F3N3O2S/c1-34-23-9-5-18(13-24(23)35-2)25-10-8-21(36-25)16-33-12-11-22-19(15-33)14-31-26(32-22)17-3-6-20(7-4-17)27(28,29)30/h3-10,13-14H,11-12,15-16H2,1-2H3. The maximum atomic E-state index is 12.8. The van der Waals surface area contributed by atoms with E-state index < -0.39 is 11.7 Å². The predicted octanol–water partition coefficient (Wildman–Crippen LogP) is 6.47. The molecule has 0 atom stereocenters. The van der Waals surface area contributed by atoms with Crippen LogP contribution in [-0.4, -0.2) is 35.6 Å². The van der Waals surface area contributed by atoms with E-state index >= 15 is 0 Å². The van der Waals surface area contributed by atoms with E-state index in [4.69, 9.17) is 9.47 Å². The lowest BCUT2D eigenvalue weighted by atomic mass is 10.1. The third-order valence-electron chi connectivity index (χ3n) is 6.19. The molecule has 2 aromatic carbocycles. The van der Waals surface area contributed by atoms with Crippen LogP contribution in [-0.2, 0) is 25.7 Å². The van der Waals surface area contributed by atoms with Crippen LogP contribution in [0.3, 0.4) is 0 Å². The first-order valence-electron chi connectivity index (χ1n) is 11.4. The van der Waals surface area contributed by atoms with Crippen LogP contribution in [0.2, 0.25) is 0 Å². The highest BCUT2D eigenvalue weighted by atomic mass is 32.1. The number of ether oxygens (including phenoxy) is 2. The molecule has 0 saturated heterocycles. The van der Waals surface area contributed by atoms with Gasteiger partial charge in [0.2, 0.25) is 0 Å². The van der Waals surface area contributed by atoms with E-state index in [-0.39, 0.29) is 0 Å². The zero-order valence-corrected chi connectivity index (χ0v) is 20.6. The zero-order chi connectivity index (χ0) is 25.3. The minimum Gasteiger partial charge on any atom is -0.493 e. The molecule has 36 heavy (non-hydrogen) atoms. The number of hydrogen-bond donors (Lipinski definition) is 0. The Morgan fingerprint density at radius 3 is 2.42 bits per heavy atom. The Hall–Kier alpha value is -3.43. The minimum absolute atomic E-state index is 0.453. The lowest BCUT2D eigenvalue weighted by Crippen LogP contribution is -2.30. The molecule has 0 fully saturated rings. The Morgan fingerprint density at radius 2 is 1.69 bits per heavy atom. The molecule has 0 bridgehead atoms. The summed E-state index contributed by atoms with van der Waals surface area (Å²) in [7, 11) is 3.25. The molecule has 4 aromatic rings. The van der Waals surface area contributed by atoms with E-state index in [0.29, 0.717) is 22.9 Å². The summed E-state index contributed by atoms with van der Waals surface area (Å²) in [5.41, 5.74) is 2.98. The van der Waals surface area contributed by atoms with Gasteiger partial charge >= 0.3 is 6.18 Å². The molecule has 5 nitrogen and oxygen atoms in total. The van der Waals surface area contributed by atoms with Crippen LogP contribution in [0.25, 0.3) is 21.8 Å². The van der Waals surface area contributed by atoms with E-state index in [1.54, 1.807) is 31.8 Å². The topological polar surface area (TPSA) is 47.5 Å². The number of methoxy groups -OCH3 is 2. The smallest absolute Gasteiger partial charge is 0.416 e. The monoisotopic (exact) mass is 511 g/mol. The molecule has 0 saturated carbocycles. The van der Waals surface area contributed by atoms with Crippen LogP contribution in [0.5, 0.6) is 11.5 Å². The molecular weight excluding hydrogens is 487 g/mol. The van der Waals surface area contributed by atoms with Crippen molar-refractivity contribution in [2.24, 2.45) is 0 Å². The molecule has 186 valence electrons. The van der Waals surface area contributed by atoms with Gasteiger partial charge in [-0.25, -0.2) is 9.97 Å². The summed E-state index contributed by atoms with van der Waals surface area (Å²) in [6, 6.07) is 15.2. The lowest BCUT2D eigenvalue weighted by Gasteiger charge is -2.27. The number of benzene rings is 2. The molecule has 0 amide bonds. The van der Waals surface area contributed by atoms with E-state index in [1.807, 2.05) is 18.2 Å². The Morgan fingerprint density at radius 1 is 0.944 bits per heavy atom. The molecule has 3 heterocycles. The fourth-order valence-corrected chi connectivity index (χ4v) is 5.33. The van der Waals surface area contributed by atoms with E-state index in [9.17, 15) is 13.2 Å². The SMILES string of the molecule is COc1ccc(-c2ccc(CN3CCc4nc(-c5ccc(C(F)(F)F)cc5)ncc4C3)s2)cc1OC. The van der Waals surface area contributed by atoms with Gasteiger partial charge in [-0.2, -0.15) is 13.2 Å². The molecule has 9 heteroatoms. The summed E-state index contributed by atoms with van der Waals surface area (Å²) >= 11 is 1.75. The first-order chi connectivity index (χ1) is 17.3.